The van der Waals surface area contributed by atoms with Crippen LogP contribution in [0.15, 0.2) is 47.9 Å². The molecule has 0 aliphatic carbocycles. The summed E-state index contributed by atoms with van der Waals surface area (Å²) in [7, 11) is 0.0268. The minimum atomic E-state index is 0.0268. The van der Waals surface area contributed by atoms with Gasteiger partial charge in [-0.05, 0) is 51.0 Å². The Balaban J connectivity index is 1.57. The van der Waals surface area contributed by atoms with Crippen LogP contribution in [0.4, 0.5) is 0 Å². The lowest BCUT2D eigenvalue weighted by molar-refractivity contribution is 0.302. The Bertz CT molecular complexity index is 802. The van der Waals surface area contributed by atoms with Crippen molar-refractivity contribution >= 4 is 9.52 Å². The highest BCUT2D eigenvalue weighted by Gasteiger charge is 2.03. The summed E-state index contributed by atoms with van der Waals surface area (Å²) in [6.45, 7) is 8.19. The molecule has 0 saturated heterocycles. The molecule has 1 aromatic heterocycles. The van der Waals surface area contributed by atoms with E-state index in [9.17, 15) is 0 Å². The molecule has 0 spiro atoms. The van der Waals surface area contributed by atoms with Gasteiger partial charge < -0.3 is 9.47 Å². The van der Waals surface area contributed by atoms with Gasteiger partial charge in [0.15, 0.2) is 11.6 Å². The second-order valence-electron chi connectivity index (χ2n) is 9.78. The van der Waals surface area contributed by atoms with Crippen LogP contribution < -0.4 is 9.47 Å². The molecule has 0 fully saturated rings. The molecule has 5 heteroatoms. The minimum Gasteiger partial charge on any atom is -0.494 e. The molecule has 1 aromatic carbocycles. The summed E-state index contributed by atoms with van der Waals surface area (Å²) in [5.41, 5.74) is 4.94. The standard InChI is InChI=1S/C30H48N2O2Si/c1-4-5-6-7-8-9-10-13-20-33-28-18-16-27(17-19-28)30-31-23-29(24-32-30)34-21-14-11-12-15-22-35-25-26(2)3/h16-19,23-25H,4-15,20-22,35H2,1-3H3. The Morgan fingerprint density at radius 2 is 1.26 bits per heavy atom. The van der Waals surface area contributed by atoms with Gasteiger partial charge in [0, 0.05) is 15.1 Å². The van der Waals surface area contributed by atoms with E-state index in [2.05, 4.69) is 36.4 Å². The molecule has 0 aliphatic heterocycles. The number of unbranched alkanes of at least 4 members (excludes halogenated alkanes) is 10. The van der Waals surface area contributed by atoms with Crippen molar-refractivity contribution in [2.75, 3.05) is 13.2 Å². The maximum Gasteiger partial charge on any atom is 0.159 e. The number of hydrogen-bond acceptors (Lipinski definition) is 4. The van der Waals surface area contributed by atoms with Gasteiger partial charge in [-0.1, -0.05) is 82.7 Å². The molecular formula is C30H48N2O2Si. The van der Waals surface area contributed by atoms with E-state index in [1.807, 2.05) is 24.3 Å². The van der Waals surface area contributed by atoms with Crippen molar-refractivity contribution in [3.8, 4) is 22.9 Å². The van der Waals surface area contributed by atoms with Gasteiger partial charge in [0.2, 0.25) is 0 Å². The molecule has 0 unspecified atom stereocenters. The fourth-order valence-electron chi connectivity index (χ4n) is 4.02. The van der Waals surface area contributed by atoms with E-state index in [0.29, 0.717) is 5.82 Å². The van der Waals surface area contributed by atoms with Crippen LogP contribution in [0.3, 0.4) is 0 Å². The highest BCUT2D eigenvalue weighted by atomic mass is 28.2. The Hall–Kier alpha value is -2.14. The Morgan fingerprint density at radius 1 is 0.714 bits per heavy atom. The third-order valence-electron chi connectivity index (χ3n) is 6.18. The monoisotopic (exact) mass is 496 g/mol. The summed E-state index contributed by atoms with van der Waals surface area (Å²) in [5, 5.41) is 0. The van der Waals surface area contributed by atoms with Crippen LogP contribution in [-0.2, 0) is 0 Å². The van der Waals surface area contributed by atoms with Crippen molar-refractivity contribution in [3.63, 3.8) is 0 Å². The lowest BCUT2D eigenvalue weighted by atomic mass is 10.1. The molecule has 35 heavy (non-hydrogen) atoms. The fourth-order valence-corrected chi connectivity index (χ4v) is 5.45. The van der Waals surface area contributed by atoms with Gasteiger partial charge in [0.1, 0.15) is 5.75 Å². The zero-order valence-electron chi connectivity index (χ0n) is 22.6. The number of benzene rings is 1. The highest BCUT2D eigenvalue weighted by molar-refractivity contribution is 6.42. The van der Waals surface area contributed by atoms with E-state index in [1.165, 1.54) is 75.8 Å². The third kappa shape index (κ3) is 14.1. The highest BCUT2D eigenvalue weighted by Crippen LogP contribution is 2.21. The topological polar surface area (TPSA) is 44.2 Å². The molecule has 194 valence electrons. The van der Waals surface area contributed by atoms with Gasteiger partial charge in [-0.25, -0.2) is 9.97 Å². The molecule has 2 aromatic rings. The SMILES string of the molecule is CCCCCCCCCCOc1ccc(-c2ncc(OCCCCCC[SiH2]C=C(C)C)cn2)cc1. The van der Waals surface area contributed by atoms with E-state index in [-0.39, 0.29) is 9.52 Å². The number of hydrogen-bond donors (Lipinski definition) is 0. The van der Waals surface area contributed by atoms with E-state index < -0.39 is 0 Å². The molecule has 4 nitrogen and oxygen atoms in total. The van der Waals surface area contributed by atoms with Crippen molar-refractivity contribution in [2.24, 2.45) is 0 Å². The van der Waals surface area contributed by atoms with E-state index >= 15 is 0 Å². The van der Waals surface area contributed by atoms with Gasteiger partial charge in [-0.15, -0.1) is 5.70 Å². The zero-order valence-corrected chi connectivity index (χ0v) is 24.0. The van der Waals surface area contributed by atoms with Gasteiger partial charge in [0.05, 0.1) is 25.6 Å². The third-order valence-corrected chi connectivity index (χ3v) is 8.19. The number of allylic oxidation sites excluding steroid dienone is 1. The van der Waals surface area contributed by atoms with Crippen molar-refractivity contribution in [1.29, 1.82) is 0 Å². The molecule has 0 aliphatic rings. The maximum absolute atomic E-state index is 5.90. The summed E-state index contributed by atoms with van der Waals surface area (Å²) in [4.78, 5) is 8.97. The van der Waals surface area contributed by atoms with Crippen LogP contribution in [0.1, 0.15) is 97.8 Å². The summed E-state index contributed by atoms with van der Waals surface area (Å²) >= 11 is 0. The average molecular weight is 497 g/mol. The summed E-state index contributed by atoms with van der Waals surface area (Å²) in [5.74, 6) is 2.37. The molecule has 0 amide bonds. The first-order chi connectivity index (χ1) is 17.2. The average Bonchev–Trinajstić information content (AvgIpc) is 2.87. The van der Waals surface area contributed by atoms with Crippen molar-refractivity contribution in [2.45, 2.75) is 104 Å². The predicted octanol–water partition coefficient (Wildman–Crippen LogP) is 8.11. The second kappa shape index (κ2) is 19.1. The maximum atomic E-state index is 5.90. The Kier molecular flexibility index (Phi) is 15.9. The first-order valence-electron chi connectivity index (χ1n) is 14.0. The smallest absolute Gasteiger partial charge is 0.159 e. The summed E-state index contributed by atoms with van der Waals surface area (Å²) in [6, 6.07) is 9.50. The number of nitrogens with zero attached hydrogens (tertiary/aromatic N) is 2. The van der Waals surface area contributed by atoms with Crippen molar-refractivity contribution in [3.05, 3.63) is 47.9 Å². The molecule has 0 saturated carbocycles. The first-order valence-corrected chi connectivity index (χ1v) is 15.8. The summed E-state index contributed by atoms with van der Waals surface area (Å²) < 4.78 is 11.7. The van der Waals surface area contributed by atoms with Crippen molar-refractivity contribution in [1.82, 2.24) is 9.97 Å². The second-order valence-corrected chi connectivity index (χ2v) is 11.5. The van der Waals surface area contributed by atoms with Gasteiger partial charge in [0.25, 0.3) is 0 Å². The van der Waals surface area contributed by atoms with Gasteiger partial charge >= 0.3 is 0 Å². The van der Waals surface area contributed by atoms with Crippen LogP contribution in [-0.4, -0.2) is 32.7 Å². The summed E-state index contributed by atoms with van der Waals surface area (Å²) in [6.07, 6.45) is 19.1. The molecule has 0 N–H and O–H groups in total. The van der Waals surface area contributed by atoms with Crippen LogP contribution in [0.25, 0.3) is 11.4 Å². The quantitative estimate of drug-likeness (QED) is 0.137. The van der Waals surface area contributed by atoms with Crippen LogP contribution in [0.2, 0.25) is 6.04 Å². The molecule has 2 rings (SSSR count). The van der Waals surface area contributed by atoms with Gasteiger partial charge in [-0.3, -0.25) is 0 Å². The molecular weight excluding hydrogens is 448 g/mol. The number of aromatic nitrogens is 2. The lowest BCUT2D eigenvalue weighted by Crippen LogP contribution is -1.99. The van der Waals surface area contributed by atoms with E-state index in [0.717, 1.165) is 43.1 Å². The number of rotatable bonds is 20. The molecule has 0 bridgehead atoms. The van der Waals surface area contributed by atoms with E-state index in [4.69, 9.17) is 9.47 Å². The lowest BCUT2D eigenvalue weighted by Gasteiger charge is -2.08. The molecule has 0 atom stereocenters. The molecule has 1 heterocycles. The van der Waals surface area contributed by atoms with Crippen LogP contribution >= 0.6 is 0 Å². The first kappa shape index (κ1) is 29.1. The van der Waals surface area contributed by atoms with Crippen LogP contribution in [0.5, 0.6) is 11.5 Å². The van der Waals surface area contributed by atoms with Gasteiger partial charge in [-0.2, -0.15) is 0 Å². The fraction of sp³-hybridized carbons (Fsp3) is 0.600. The van der Waals surface area contributed by atoms with E-state index in [1.54, 1.807) is 12.4 Å². The molecule has 0 radical (unpaired) electrons. The minimum absolute atomic E-state index is 0.0268. The van der Waals surface area contributed by atoms with Crippen LogP contribution in [0, 0.1) is 0 Å². The Morgan fingerprint density at radius 3 is 1.86 bits per heavy atom. The number of ether oxygens (including phenoxy) is 2. The Labute approximate surface area is 216 Å². The zero-order chi connectivity index (χ0) is 25.0. The largest absolute Gasteiger partial charge is 0.494 e. The normalized spacial score (nSPS) is 11.2. The predicted molar refractivity (Wildman–Crippen MR) is 152 cm³/mol. The van der Waals surface area contributed by atoms with Crippen molar-refractivity contribution < 1.29 is 9.47 Å².